The fourth-order valence-corrected chi connectivity index (χ4v) is 1.40. The number of alkyl halides is 3. The Bertz CT molecular complexity index is 258. The van der Waals surface area contributed by atoms with Gasteiger partial charge in [0.25, 0.3) is 0 Å². The summed E-state index contributed by atoms with van der Waals surface area (Å²) in [5.41, 5.74) is 2.25. The van der Waals surface area contributed by atoms with Crippen LogP contribution in [0.15, 0.2) is 4.99 Å². The van der Waals surface area contributed by atoms with E-state index in [1.165, 1.54) is 4.90 Å². The molecule has 4 nitrogen and oxygen atoms in total. The van der Waals surface area contributed by atoms with E-state index in [-0.39, 0.29) is 18.0 Å². The van der Waals surface area contributed by atoms with Gasteiger partial charge in [-0.05, 0) is 26.7 Å². The molecule has 0 spiro atoms. The lowest BCUT2D eigenvalue weighted by atomic mass is 10.4. The van der Waals surface area contributed by atoms with Crippen LogP contribution in [0.3, 0.4) is 0 Å². The average molecular weight is 238 g/mol. The lowest BCUT2D eigenvalue weighted by molar-refractivity contribution is -0.139. The van der Waals surface area contributed by atoms with Crippen LogP contribution in [0, 0.1) is 0 Å². The first-order valence-corrected chi connectivity index (χ1v) is 5.21. The fourth-order valence-electron chi connectivity index (χ4n) is 1.40. The summed E-state index contributed by atoms with van der Waals surface area (Å²) in [6, 6.07) is -0.185. The first-order valence-electron chi connectivity index (χ1n) is 5.21. The van der Waals surface area contributed by atoms with Gasteiger partial charge in [0.1, 0.15) is 6.54 Å². The quantitative estimate of drug-likeness (QED) is 0.336. The molecule has 0 aromatic carbocycles. The Balaban J connectivity index is 2.75. The number of hydrogen-bond acceptors (Lipinski definition) is 2. The van der Waals surface area contributed by atoms with Gasteiger partial charge >= 0.3 is 6.18 Å². The molecule has 7 heteroatoms. The highest BCUT2D eigenvalue weighted by Gasteiger charge is 2.39. The van der Waals surface area contributed by atoms with Crippen LogP contribution in [0.1, 0.15) is 26.7 Å². The summed E-state index contributed by atoms with van der Waals surface area (Å²) in [5.74, 6) is 5.34. The van der Waals surface area contributed by atoms with Crippen LogP contribution in [0.2, 0.25) is 0 Å². The van der Waals surface area contributed by atoms with Crippen molar-refractivity contribution in [1.82, 2.24) is 10.3 Å². The molecule has 0 aliphatic heterocycles. The van der Waals surface area contributed by atoms with Crippen LogP contribution in [0.4, 0.5) is 13.2 Å². The van der Waals surface area contributed by atoms with Crippen molar-refractivity contribution in [2.75, 3.05) is 6.54 Å². The highest BCUT2D eigenvalue weighted by molar-refractivity contribution is 5.80. The molecule has 0 amide bonds. The molecule has 0 aromatic rings. The Kier molecular flexibility index (Phi) is 4.01. The molecular formula is C9H17F3N4. The van der Waals surface area contributed by atoms with Crippen molar-refractivity contribution in [1.29, 1.82) is 0 Å². The van der Waals surface area contributed by atoms with Gasteiger partial charge in [0.15, 0.2) is 0 Å². The molecule has 0 aromatic heterocycles. The smallest absolute Gasteiger partial charge is 0.330 e. The normalized spacial score (nSPS) is 17.8. The zero-order valence-corrected chi connectivity index (χ0v) is 9.38. The van der Waals surface area contributed by atoms with E-state index in [9.17, 15) is 13.2 Å². The van der Waals surface area contributed by atoms with Crippen LogP contribution >= 0.6 is 0 Å². The Hall–Kier alpha value is -0.980. The number of rotatable bonds is 3. The topological polar surface area (TPSA) is 53.6 Å². The van der Waals surface area contributed by atoms with Gasteiger partial charge in [-0.25, -0.2) is 10.8 Å². The van der Waals surface area contributed by atoms with Crippen molar-refractivity contribution in [3.8, 4) is 0 Å². The molecule has 0 saturated heterocycles. The Labute approximate surface area is 92.7 Å². The number of guanidine groups is 1. The molecule has 0 atom stereocenters. The molecule has 1 rings (SSSR count). The van der Waals surface area contributed by atoms with Crippen molar-refractivity contribution >= 4 is 5.96 Å². The summed E-state index contributed by atoms with van der Waals surface area (Å²) in [5, 5.41) is 0. The Morgan fingerprint density at radius 1 is 1.50 bits per heavy atom. The zero-order chi connectivity index (χ0) is 12.3. The van der Waals surface area contributed by atoms with Gasteiger partial charge in [-0.3, -0.25) is 5.43 Å². The summed E-state index contributed by atoms with van der Waals surface area (Å²) in [4.78, 5) is 5.24. The second-order valence-electron chi connectivity index (χ2n) is 4.17. The van der Waals surface area contributed by atoms with Gasteiger partial charge in [0.05, 0.1) is 0 Å². The highest BCUT2D eigenvalue weighted by Crippen LogP contribution is 2.30. The van der Waals surface area contributed by atoms with Crippen molar-refractivity contribution < 1.29 is 13.2 Å². The van der Waals surface area contributed by atoms with Gasteiger partial charge in [0.2, 0.25) is 5.96 Å². The summed E-state index contributed by atoms with van der Waals surface area (Å²) < 4.78 is 37.1. The third kappa shape index (κ3) is 4.26. The number of hydrazine groups is 1. The molecule has 1 aliphatic rings. The minimum absolute atomic E-state index is 0.0878. The van der Waals surface area contributed by atoms with Gasteiger partial charge in [-0.2, -0.15) is 13.2 Å². The largest absolute Gasteiger partial charge is 0.406 e. The van der Waals surface area contributed by atoms with Crippen LogP contribution < -0.4 is 11.3 Å². The van der Waals surface area contributed by atoms with Gasteiger partial charge in [-0.1, -0.05) is 0 Å². The third-order valence-electron chi connectivity index (χ3n) is 2.12. The summed E-state index contributed by atoms with van der Waals surface area (Å²) in [6.45, 7) is 2.57. The molecule has 3 N–H and O–H groups in total. The van der Waals surface area contributed by atoms with Crippen LogP contribution in [0.5, 0.6) is 0 Å². The molecule has 1 saturated carbocycles. The lowest BCUT2D eigenvalue weighted by Gasteiger charge is -2.26. The number of nitrogens with two attached hydrogens (primary N) is 1. The van der Waals surface area contributed by atoms with Crippen molar-refractivity contribution in [3.63, 3.8) is 0 Å². The van der Waals surface area contributed by atoms with Crippen LogP contribution in [-0.2, 0) is 0 Å². The predicted octanol–water partition coefficient (Wildman–Crippen LogP) is 1.24. The first kappa shape index (κ1) is 13.1. The van der Waals surface area contributed by atoms with Crippen molar-refractivity contribution in [2.45, 2.75) is 44.9 Å². The van der Waals surface area contributed by atoms with E-state index in [1.807, 2.05) is 0 Å². The predicted molar refractivity (Wildman–Crippen MR) is 55.7 cm³/mol. The maximum atomic E-state index is 12.4. The molecule has 0 radical (unpaired) electrons. The minimum Gasteiger partial charge on any atom is -0.330 e. The van der Waals surface area contributed by atoms with Crippen LogP contribution in [0.25, 0.3) is 0 Å². The van der Waals surface area contributed by atoms with Crippen molar-refractivity contribution in [3.05, 3.63) is 0 Å². The maximum absolute atomic E-state index is 12.4. The number of hydrogen-bond donors (Lipinski definition) is 2. The average Bonchev–Trinajstić information content (AvgIpc) is 2.91. The molecular weight excluding hydrogens is 221 g/mol. The fraction of sp³-hybridized carbons (Fsp3) is 0.889. The number of aliphatic imine (C=N–C) groups is 1. The number of nitrogens with zero attached hydrogens (tertiary/aromatic N) is 2. The van der Waals surface area contributed by atoms with E-state index in [0.29, 0.717) is 0 Å². The molecule has 16 heavy (non-hydrogen) atoms. The molecule has 0 unspecified atom stereocenters. The number of nitrogens with one attached hydrogen (secondary N) is 1. The van der Waals surface area contributed by atoms with Crippen molar-refractivity contribution in [2.24, 2.45) is 10.8 Å². The second-order valence-corrected chi connectivity index (χ2v) is 4.17. The molecule has 0 heterocycles. The SMILES string of the molecule is CC(C)N=C(NN)N(CC(F)(F)F)C1CC1. The molecule has 94 valence electrons. The van der Waals surface area contributed by atoms with E-state index in [0.717, 1.165) is 12.8 Å². The van der Waals surface area contributed by atoms with E-state index < -0.39 is 12.7 Å². The zero-order valence-electron chi connectivity index (χ0n) is 9.38. The van der Waals surface area contributed by atoms with Gasteiger partial charge < -0.3 is 4.90 Å². The van der Waals surface area contributed by atoms with Gasteiger partial charge in [0, 0.05) is 12.1 Å². The summed E-state index contributed by atoms with van der Waals surface area (Å²) in [7, 11) is 0. The molecule has 0 bridgehead atoms. The minimum atomic E-state index is -4.24. The Morgan fingerprint density at radius 2 is 2.06 bits per heavy atom. The van der Waals surface area contributed by atoms with Crippen LogP contribution in [-0.4, -0.2) is 35.7 Å². The number of halogens is 3. The Morgan fingerprint density at radius 3 is 2.38 bits per heavy atom. The summed E-state index contributed by atoms with van der Waals surface area (Å²) >= 11 is 0. The maximum Gasteiger partial charge on any atom is 0.406 e. The highest BCUT2D eigenvalue weighted by atomic mass is 19.4. The summed E-state index contributed by atoms with van der Waals surface area (Å²) in [6.07, 6.45) is -2.72. The van der Waals surface area contributed by atoms with E-state index >= 15 is 0 Å². The van der Waals surface area contributed by atoms with E-state index in [4.69, 9.17) is 5.84 Å². The third-order valence-corrected chi connectivity index (χ3v) is 2.12. The molecule has 1 fully saturated rings. The van der Waals surface area contributed by atoms with Gasteiger partial charge in [-0.15, -0.1) is 0 Å². The standard InChI is InChI=1S/C9H17F3N4/c1-6(2)14-8(15-13)16(7-3-4-7)5-9(10,11)12/h6-7H,3-5,13H2,1-2H3,(H,14,15). The van der Waals surface area contributed by atoms with E-state index in [1.54, 1.807) is 13.8 Å². The van der Waals surface area contributed by atoms with E-state index in [2.05, 4.69) is 10.4 Å². The lowest BCUT2D eigenvalue weighted by Crippen LogP contribution is -2.49. The molecule has 1 aliphatic carbocycles. The first-order chi connectivity index (χ1) is 7.33. The monoisotopic (exact) mass is 238 g/mol. The second kappa shape index (κ2) is 4.90.